The molecule has 0 aliphatic heterocycles. The lowest BCUT2D eigenvalue weighted by Gasteiger charge is -2.20. The maximum atomic E-state index is 12.3. The minimum atomic E-state index is -0.578. The minimum absolute atomic E-state index is 0.0377. The van der Waals surface area contributed by atoms with Crippen molar-refractivity contribution in [2.24, 2.45) is 5.92 Å². The molecule has 1 aromatic carbocycles. The lowest BCUT2D eigenvalue weighted by Crippen LogP contribution is -2.18. The molecule has 0 aliphatic carbocycles. The van der Waals surface area contributed by atoms with Crippen LogP contribution in [0.3, 0.4) is 0 Å². The Bertz CT molecular complexity index is 508. The Morgan fingerprint density at radius 2 is 2.09 bits per heavy atom. The van der Waals surface area contributed by atoms with Crippen LogP contribution in [0.5, 0.6) is 5.75 Å². The van der Waals surface area contributed by atoms with Crippen molar-refractivity contribution in [3.05, 3.63) is 26.3 Å². The first-order valence-electron chi connectivity index (χ1n) is 7.25. The summed E-state index contributed by atoms with van der Waals surface area (Å²) in [5.74, 6) is 0.147. The van der Waals surface area contributed by atoms with E-state index in [4.69, 9.17) is 21.1 Å². The second kappa shape index (κ2) is 9.55. The topological polar surface area (TPSA) is 35.5 Å². The summed E-state index contributed by atoms with van der Waals surface area (Å²) in [6.07, 6.45) is 0.651. The molecular weight excluding hydrogens is 422 g/mol. The lowest BCUT2D eigenvalue weighted by atomic mass is 9.90. The fourth-order valence-corrected chi connectivity index (χ4v) is 2.81. The van der Waals surface area contributed by atoms with E-state index in [2.05, 4.69) is 0 Å². The molecule has 0 saturated heterocycles. The molecule has 1 rings (SSSR count). The first-order chi connectivity index (χ1) is 10.4. The van der Waals surface area contributed by atoms with Crippen LogP contribution in [0, 0.1) is 9.49 Å². The van der Waals surface area contributed by atoms with Gasteiger partial charge in [0.15, 0.2) is 0 Å². The van der Waals surface area contributed by atoms with E-state index in [1.807, 2.05) is 36.4 Å². The van der Waals surface area contributed by atoms with Gasteiger partial charge in [0.05, 0.1) is 21.1 Å². The molecule has 3 nitrogen and oxygen atoms in total. The van der Waals surface area contributed by atoms with E-state index in [1.54, 1.807) is 19.1 Å². The number of carbonyl (C=O) groups is 1. The Labute approximate surface area is 149 Å². The van der Waals surface area contributed by atoms with E-state index < -0.39 is 12.6 Å². The summed E-state index contributed by atoms with van der Waals surface area (Å²) < 4.78 is 23.6. The maximum absolute atomic E-state index is 12.3. The number of esters is 1. The van der Waals surface area contributed by atoms with E-state index in [1.165, 1.54) is 0 Å². The molecule has 0 aromatic heterocycles. The van der Waals surface area contributed by atoms with E-state index in [0.717, 1.165) is 5.56 Å². The summed E-state index contributed by atoms with van der Waals surface area (Å²) in [4.78, 5) is 12.2. The Hall–Kier alpha value is -0.560. The van der Waals surface area contributed by atoms with Crippen molar-refractivity contribution in [1.29, 1.82) is 0 Å². The molecule has 0 spiro atoms. The van der Waals surface area contributed by atoms with Crippen molar-refractivity contribution in [3.8, 4) is 5.75 Å². The average molecular weight is 443 g/mol. The Morgan fingerprint density at radius 3 is 2.64 bits per heavy atom. The zero-order valence-electron chi connectivity index (χ0n) is 13.0. The van der Waals surface area contributed by atoms with Crippen LogP contribution in [0.15, 0.2) is 12.1 Å². The minimum Gasteiger partial charge on any atom is -0.490 e. The number of hydrogen-bond acceptors (Lipinski definition) is 3. The van der Waals surface area contributed by atoms with E-state index in [-0.39, 0.29) is 12.6 Å². The monoisotopic (exact) mass is 442 g/mol. The summed E-state index contributed by atoms with van der Waals surface area (Å²) in [6.45, 7) is 5.58. The summed E-state index contributed by atoms with van der Waals surface area (Å²) in [5, 5.41) is 0.491. The Kier molecular flexibility index (Phi) is 8.46. The molecule has 0 heterocycles. The quantitative estimate of drug-likeness (QED) is 0.420. The highest BCUT2D eigenvalue weighted by atomic mass is 127. The van der Waals surface area contributed by atoms with Crippen LogP contribution < -0.4 is 4.74 Å². The van der Waals surface area contributed by atoms with Crippen molar-refractivity contribution in [2.75, 3.05) is 19.9 Å². The van der Waals surface area contributed by atoms with Crippen LogP contribution in [0.1, 0.15) is 38.7 Å². The first-order valence-corrected chi connectivity index (χ1v) is 8.70. The number of benzene rings is 1. The molecule has 1 atom stereocenters. The van der Waals surface area contributed by atoms with Crippen LogP contribution in [0.25, 0.3) is 0 Å². The van der Waals surface area contributed by atoms with Gasteiger partial charge in [-0.05, 0) is 59.5 Å². The van der Waals surface area contributed by atoms with Gasteiger partial charge in [-0.15, -0.1) is 0 Å². The van der Waals surface area contributed by atoms with Crippen LogP contribution >= 0.6 is 34.2 Å². The van der Waals surface area contributed by atoms with Crippen molar-refractivity contribution in [3.63, 3.8) is 0 Å². The zero-order valence-corrected chi connectivity index (χ0v) is 15.9. The number of rotatable bonds is 8. The van der Waals surface area contributed by atoms with Gasteiger partial charge in [0.25, 0.3) is 0 Å². The van der Waals surface area contributed by atoms with Crippen LogP contribution in [-0.4, -0.2) is 25.9 Å². The molecule has 1 unspecified atom stereocenters. The molecular formula is C16H21ClFIO3. The third-order valence-corrected chi connectivity index (χ3v) is 4.76. The highest BCUT2D eigenvalue weighted by molar-refractivity contribution is 14.1. The van der Waals surface area contributed by atoms with E-state index in [0.29, 0.717) is 33.3 Å². The fourth-order valence-electron chi connectivity index (χ4n) is 2.12. The molecule has 6 heteroatoms. The third kappa shape index (κ3) is 5.57. The number of halogens is 3. The summed E-state index contributed by atoms with van der Waals surface area (Å²) in [7, 11) is 0. The van der Waals surface area contributed by atoms with E-state index in [9.17, 15) is 9.18 Å². The second-order valence-electron chi connectivity index (χ2n) is 5.29. The predicted octanol–water partition coefficient (Wildman–Crippen LogP) is 4.99. The van der Waals surface area contributed by atoms with Gasteiger partial charge in [-0.25, -0.2) is 4.39 Å². The van der Waals surface area contributed by atoms with Gasteiger partial charge < -0.3 is 9.47 Å². The number of alkyl halides is 1. The average Bonchev–Trinajstić information content (AvgIpc) is 2.46. The van der Waals surface area contributed by atoms with Crippen molar-refractivity contribution < 1.29 is 18.7 Å². The fraction of sp³-hybridized carbons (Fsp3) is 0.562. The molecule has 0 fully saturated rings. The number of ether oxygens (including phenoxy) is 2. The number of hydrogen-bond donors (Lipinski definition) is 0. The second-order valence-corrected chi connectivity index (χ2v) is 6.77. The van der Waals surface area contributed by atoms with Gasteiger partial charge in [0.2, 0.25) is 0 Å². The summed E-state index contributed by atoms with van der Waals surface area (Å²) in [6, 6.07) is 3.52. The highest BCUT2D eigenvalue weighted by Gasteiger charge is 2.25. The molecule has 0 saturated carbocycles. The van der Waals surface area contributed by atoms with Crippen LogP contribution in [-0.2, 0) is 9.53 Å². The molecule has 22 heavy (non-hydrogen) atoms. The molecule has 0 N–H and O–H groups in total. The smallest absolute Gasteiger partial charge is 0.313 e. The molecule has 124 valence electrons. The molecule has 0 radical (unpaired) electrons. The normalized spacial score (nSPS) is 12.3. The van der Waals surface area contributed by atoms with Gasteiger partial charge in [0.1, 0.15) is 19.0 Å². The summed E-state index contributed by atoms with van der Waals surface area (Å²) >= 11 is 8.28. The Balaban J connectivity index is 3.17. The largest absolute Gasteiger partial charge is 0.490 e. The van der Waals surface area contributed by atoms with Gasteiger partial charge in [-0.3, -0.25) is 4.79 Å². The predicted molar refractivity (Wildman–Crippen MR) is 94.5 cm³/mol. The SMILES string of the molecule is CCOC(=O)C(CC(C)C)c1cc(Cl)c(I)c(OCCF)c1. The Morgan fingerprint density at radius 1 is 1.41 bits per heavy atom. The number of carbonyl (C=O) groups excluding carboxylic acids is 1. The molecule has 0 amide bonds. The van der Waals surface area contributed by atoms with Crippen molar-refractivity contribution >= 4 is 40.2 Å². The molecule has 0 aliphatic rings. The molecule has 0 bridgehead atoms. The molecule has 1 aromatic rings. The zero-order chi connectivity index (χ0) is 16.7. The lowest BCUT2D eigenvalue weighted by molar-refractivity contribution is -0.145. The van der Waals surface area contributed by atoms with Gasteiger partial charge in [-0.1, -0.05) is 25.4 Å². The van der Waals surface area contributed by atoms with Crippen LogP contribution in [0.2, 0.25) is 5.02 Å². The van der Waals surface area contributed by atoms with Crippen molar-refractivity contribution in [2.45, 2.75) is 33.1 Å². The van der Waals surface area contributed by atoms with Gasteiger partial charge in [0, 0.05) is 0 Å². The third-order valence-electron chi connectivity index (χ3n) is 3.03. The van der Waals surface area contributed by atoms with Gasteiger partial charge >= 0.3 is 5.97 Å². The van der Waals surface area contributed by atoms with Crippen LogP contribution in [0.4, 0.5) is 4.39 Å². The summed E-state index contributed by atoms with van der Waals surface area (Å²) in [5.41, 5.74) is 0.742. The van der Waals surface area contributed by atoms with E-state index >= 15 is 0 Å². The first kappa shape index (κ1) is 19.5. The maximum Gasteiger partial charge on any atom is 0.313 e. The van der Waals surface area contributed by atoms with Gasteiger partial charge in [-0.2, -0.15) is 0 Å². The van der Waals surface area contributed by atoms with Crippen molar-refractivity contribution in [1.82, 2.24) is 0 Å². The highest BCUT2D eigenvalue weighted by Crippen LogP contribution is 2.35. The standard InChI is InChI=1S/C16H21ClFIO3/c1-4-21-16(20)12(7-10(2)3)11-8-13(17)15(19)14(9-11)22-6-5-18/h8-10,12H,4-7H2,1-3H3.